The molecule has 2 aromatic carbocycles. The molecule has 3 amide bonds. The molecule has 1 saturated carbocycles. The number of fused-ring (bicyclic) bond motifs is 1. The van der Waals surface area contributed by atoms with Crippen LogP contribution < -0.4 is 21.9 Å². The highest BCUT2D eigenvalue weighted by Crippen LogP contribution is 2.42. The van der Waals surface area contributed by atoms with Crippen molar-refractivity contribution in [3.63, 3.8) is 0 Å². The van der Waals surface area contributed by atoms with Crippen LogP contribution in [0.25, 0.3) is 10.9 Å². The number of benzene rings is 2. The molecule has 15 heteroatoms. The quantitative estimate of drug-likeness (QED) is 0.415. The van der Waals surface area contributed by atoms with Gasteiger partial charge in [0.15, 0.2) is 6.10 Å². The molecule has 0 radical (unpaired) electrons. The molecule has 1 aliphatic carbocycles. The minimum Gasteiger partial charge on any atom is -0.365 e. The van der Waals surface area contributed by atoms with E-state index in [0.29, 0.717) is 5.69 Å². The average molecular weight is 633 g/mol. The molecular formula is C29H28ClF3N6O5. The maximum absolute atomic E-state index is 15.3. The maximum atomic E-state index is 15.3. The molecule has 0 bridgehead atoms. The molecule has 1 aromatic heterocycles. The fraction of sp³-hybridized carbons (Fsp3) is 0.414. The van der Waals surface area contributed by atoms with Crippen LogP contribution in [-0.2, 0) is 16.1 Å². The molecule has 44 heavy (non-hydrogen) atoms. The molecule has 2 heterocycles. The van der Waals surface area contributed by atoms with Gasteiger partial charge in [-0.25, -0.2) is 22.8 Å². The Bertz CT molecular complexity index is 1810. The second-order valence-electron chi connectivity index (χ2n) is 11.2. The lowest BCUT2D eigenvalue weighted by molar-refractivity contribution is -0.131. The number of nitrogens with one attached hydrogen (secondary N) is 2. The highest BCUT2D eigenvalue weighted by molar-refractivity contribution is 6.32. The largest absolute Gasteiger partial charge is 0.365 e. The first-order valence-electron chi connectivity index (χ1n) is 13.8. The molecule has 3 aromatic rings. The Morgan fingerprint density at radius 1 is 1.18 bits per heavy atom. The zero-order chi connectivity index (χ0) is 31.9. The first-order chi connectivity index (χ1) is 20.8. The Kier molecular flexibility index (Phi) is 8.46. The number of morpholine rings is 1. The lowest BCUT2D eigenvalue weighted by atomic mass is 9.81. The van der Waals surface area contributed by atoms with E-state index in [2.05, 4.69) is 10.6 Å². The van der Waals surface area contributed by atoms with Crippen LogP contribution in [0, 0.1) is 23.1 Å². The summed E-state index contributed by atoms with van der Waals surface area (Å²) in [6.07, 6.45) is -1.96. The number of rotatable bonds is 6. The number of urea groups is 1. The van der Waals surface area contributed by atoms with E-state index in [1.165, 1.54) is 27.7 Å². The van der Waals surface area contributed by atoms with Gasteiger partial charge in [-0.2, -0.15) is 5.26 Å². The number of carbonyl (C=O) groups is 2. The maximum Gasteiger partial charge on any atom is 0.331 e. The molecule has 1 aliphatic heterocycles. The van der Waals surface area contributed by atoms with E-state index in [9.17, 15) is 28.0 Å². The Morgan fingerprint density at radius 2 is 1.91 bits per heavy atom. The Morgan fingerprint density at radius 3 is 2.55 bits per heavy atom. The summed E-state index contributed by atoms with van der Waals surface area (Å²) in [6.45, 7) is 3.04. The van der Waals surface area contributed by atoms with Crippen molar-refractivity contribution in [3.05, 3.63) is 67.6 Å². The summed E-state index contributed by atoms with van der Waals surface area (Å²) >= 11 is 6.02. The van der Waals surface area contributed by atoms with Gasteiger partial charge in [-0.05, 0) is 44.0 Å². The number of ether oxygens (including phenoxy) is 1. The van der Waals surface area contributed by atoms with Crippen LogP contribution in [0.15, 0.2) is 39.9 Å². The highest BCUT2D eigenvalue weighted by Gasteiger charge is 2.45. The van der Waals surface area contributed by atoms with Gasteiger partial charge in [-0.15, -0.1) is 0 Å². The zero-order valence-electron chi connectivity index (χ0n) is 23.7. The van der Waals surface area contributed by atoms with Gasteiger partial charge in [0.2, 0.25) is 5.92 Å². The molecule has 2 N–H and O–H groups in total. The van der Waals surface area contributed by atoms with Crippen molar-refractivity contribution < 1.29 is 27.5 Å². The number of hydrogen-bond acceptors (Lipinski definition) is 6. The zero-order valence-corrected chi connectivity index (χ0v) is 24.5. The van der Waals surface area contributed by atoms with Crippen LogP contribution in [-0.4, -0.2) is 57.7 Å². The van der Waals surface area contributed by atoms with Gasteiger partial charge in [-0.3, -0.25) is 18.7 Å². The van der Waals surface area contributed by atoms with Crippen molar-refractivity contribution in [1.82, 2.24) is 14.0 Å². The lowest BCUT2D eigenvalue weighted by Gasteiger charge is -2.35. The van der Waals surface area contributed by atoms with Gasteiger partial charge in [0.1, 0.15) is 11.9 Å². The summed E-state index contributed by atoms with van der Waals surface area (Å²) < 4.78 is 49.8. The highest BCUT2D eigenvalue weighted by atomic mass is 35.5. The molecule has 1 atom stereocenters. The third-order valence-corrected chi connectivity index (χ3v) is 7.95. The number of alkyl halides is 2. The number of nitrogens with zero attached hydrogens (tertiary/aromatic N) is 4. The molecular weight excluding hydrogens is 605 g/mol. The van der Waals surface area contributed by atoms with E-state index in [0.717, 1.165) is 16.7 Å². The van der Waals surface area contributed by atoms with E-state index in [1.54, 1.807) is 13.8 Å². The van der Waals surface area contributed by atoms with Crippen molar-refractivity contribution in [2.45, 2.75) is 51.3 Å². The van der Waals surface area contributed by atoms with E-state index in [4.69, 9.17) is 21.6 Å². The number of nitriles is 1. The summed E-state index contributed by atoms with van der Waals surface area (Å²) in [5, 5.41) is 14.1. The summed E-state index contributed by atoms with van der Waals surface area (Å²) in [5.41, 5.74) is -1.29. The molecule has 0 unspecified atom stereocenters. The van der Waals surface area contributed by atoms with E-state index >= 15 is 4.39 Å². The smallest absolute Gasteiger partial charge is 0.331 e. The Hall–Kier alpha value is -4.35. The van der Waals surface area contributed by atoms with Gasteiger partial charge in [-0.1, -0.05) is 11.6 Å². The molecule has 11 nitrogen and oxygen atoms in total. The normalized spacial score (nSPS) is 18.1. The molecule has 2 aliphatic rings. The van der Waals surface area contributed by atoms with Crippen LogP contribution in [0.5, 0.6) is 0 Å². The van der Waals surface area contributed by atoms with Crippen LogP contribution in [0.2, 0.25) is 5.02 Å². The fourth-order valence-electron chi connectivity index (χ4n) is 5.42. The van der Waals surface area contributed by atoms with Gasteiger partial charge in [0.25, 0.3) is 11.5 Å². The Labute approximate surface area is 253 Å². The number of hydrogen-bond donors (Lipinski definition) is 2. The van der Waals surface area contributed by atoms with Crippen molar-refractivity contribution in [2.75, 3.05) is 30.3 Å². The average Bonchev–Trinajstić information content (AvgIpc) is 2.95. The molecule has 1 saturated heterocycles. The van der Waals surface area contributed by atoms with Crippen LogP contribution >= 0.6 is 11.6 Å². The second-order valence-corrected chi connectivity index (χ2v) is 11.6. The minimum atomic E-state index is -2.83. The number of carbonyl (C=O) groups excluding carboxylic acids is 2. The number of amides is 3. The van der Waals surface area contributed by atoms with Crippen molar-refractivity contribution in [1.29, 1.82) is 5.26 Å². The topological polar surface area (TPSA) is 138 Å². The predicted octanol–water partition coefficient (Wildman–Crippen LogP) is 4.32. The molecule has 2 fully saturated rings. The fourth-order valence-corrected chi connectivity index (χ4v) is 5.64. The number of halogens is 4. The van der Waals surface area contributed by atoms with Gasteiger partial charge < -0.3 is 20.3 Å². The van der Waals surface area contributed by atoms with Gasteiger partial charge in [0, 0.05) is 43.7 Å². The SMILES string of the molecule is CC(C)n1c(=O)n(CC2CC(F)(F)C2)c(=O)c2cc(NC(=O)N3CCO[C@@H](C(=O)Nc4ccc(C#N)c(Cl)c4)C3)c(F)cc21. The lowest BCUT2D eigenvalue weighted by Crippen LogP contribution is -2.51. The van der Waals surface area contributed by atoms with Crippen LogP contribution in [0.3, 0.4) is 0 Å². The minimum absolute atomic E-state index is 0.00538. The first kappa shape index (κ1) is 31.1. The van der Waals surface area contributed by atoms with Crippen LogP contribution in [0.1, 0.15) is 38.3 Å². The summed E-state index contributed by atoms with van der Waals surface area (Å²) in [6, 6.07) is 7.10. The standard InChI is InChI=1S/C29H28ClF3N6O5/c1-15(2)39-23-9-21(31)22(8-19(23)26(41)38(28(39)43)13-16-10-29(32,33)11-16)36-27(42)37-5-6-44-24(14-37)25(40)35-18-4-3-17(12-34)20(30)7-18/h3-4,7-9,15-16,24H,5-6,10-11,13-14H2,1-2H3,(H,35,40)(H,36,42)/t24-/m1/s1. The third kappa shape index (κ3) is 6.15. The second kappa shape index (κ2) is 12.0. The van der Waals surface area contributed by atoms with Gasteiger partial charge in [0.05, 0.1) is 40.3 Å². The Balaban J connectivity index is 1.36. The number of anilines is 2. The van der Waals surface area contributed by atoms with Crippen molar-refractivity contribution in [3.8, 4) is 6.07 Å². The third-order valence-electron chi connectivity index (χ3n) is 7.63. The first-order valence-corrected chi connectivity index (χ1v) is 14.2. The van der Waals surface area contributed by atoms with Gasteiger partial charge >= 0.3 is 11.7 Å². The summed E-state index contributed by atoms with van der Waals surface area (Å²) in [7, 11) is 0. The monoisotopic (exact) mass is 632 g/mol. The molecule has 232 valence electrons. The van der Waals surface area contributed by atoms with Crippen molar-refractivity contribution in [2.24, 2.45) is 5.92 Å². The molecule has 5 rings (SSSR count). The van der Waals surface area contributed by atoms with Crippen LogP contribution in [0.4, 0.5) is 29.3 Å². The summed E-state index contributed by atoms with van der Waals surface area (Å²) in [4.78, 5) is 53.7. The van der Waals surface area contributed by atoms with Crippen molar-refractivity contribution >= 4 is 45.8 Å². The van der Waals surface area contributed by atoms with E-state index < -0.39 is 65.8 Å². The van der Waals surface area contributed by atoms with E-state index in [-0.39, 0.29) is 53.4 Å². The number of aromatic nitrogens is 2. The predicted molar refractivity (Wildman–Crippen MR) is 156 cm³/mol. The summed E-state index contributed by atoms with van der Waals surface area (Å²) in [5.74, 6) is -4.88. The molecule has 0 spiro atoms. The van der Waals surface area contributed by atoms with E-state index in [1.807, 2.05) is 6.07 Å².